The number of hydrogen-bond acceptors (Lipinski definition) is 2. The van der Waals surface area contributed by atoms with Crippen LogP contribution in [-0.4, -0.2) is 17.5 Å². The van der Waals surface area contributed by atoms with Gasteiger partial charge in [0.05, 0.1) is 0 Å². The molecule has 0 radical (unpaired) electrons. The largest absolute Gasteiger partial charge is 0.323 e. The van der Waals surface area contributed by atoms with E-state index in [1.165, 1.54) is 0 Å². The van der Waals surface area contributed by atoms with Gasteiger partial charge in [-0.05, 0) is 25.0 Å². The molecule has 2 aliphatic rings. The Bertz CT molecular complexity index is 373. The fraction of sp³-hybridized carbons (Fsp3) is 0.455. The molecule has 0 bridgehead atoms. The number of rotatable bonds is 0. The summed E-state index contributed by atoms with van der Waals surface area (Å²) in [6.45, 7) is 3.90. The van der Waals surface area contributed by atoms with E-state index >= 15 is 0 Å². The molecule has 0 aromatic rings. The first kappa shape index (κ1) is 9.96. The fourth-order valence-corrected chi connectivity index (χ4v) is 2.29. The van der Waals surface area contributed by atoms with Gasteiger partial charge in [-0.2, -0.15) is 0 Å². The third-order valence-electron chi connectivity index (χ3n) is 3.11. The van der Waals surface area contributed by atoms with Crippen LogP contribution in [0.3, 0.4) is 0 Å². The lowest BCUT2D eigenvalue weighted by molar-refractivity contribution is -0.123. The van der Waals surface area contributed by atoms with Gasteiger partial charge in [-0.1, -0.05) is 12.2 Å². The maximum atomic E-state index is 11.7. The van der Waals surface area contributed by atoms with E-state index in [0.29, 0.717) is 12.8 Å². The number of nitrogens with one attached hydrogen (secondary N) is 2. The second-order valence-electron chi connectivity index (χ2n) is 3.97. The highest BCUT2D eigenvalue weighted by atomic mass is 16.2. The van der Waals surface area contributed by atoms with E-state index < -0.39 is 5.54 Å². The van der Waals surface area contributed by atoms with E-state index in [1.807, 2.05) is 26.0 Å². The molecule has 1 spiro atoms. The van der Waals surface area contributed by atoms with Crippen LogP contribution in [0, 0.1) is 0 Å². The van der Waals surface area contributed by atoms with Gasteiger partial charge in [-0.15, -0.1) is 0 Å². The van der Waals surface area contributed by atoms with Gasteiger partial charge < -0.3 is 5.32 Å². The highest BCUT2D eigenvalue weighted by Crippen LogP contribution is 2.40. The number of allylic oxidation sites excluding steroid dienone is 2. The standard InChI is InChI=1S/C11H14N2O2/c1-3-7-5-11(6-8(7)4-2)9(14)12-10(15)13-11/h3-4H,5-6H2,1-2H3,(H2,12,13,14,15)/b7-3-,8-4-. The normalized spacial score (nSPS) is 28.9. The van der Waals surface area contributed by atoms with Crippen LogP contribution in [0.5, 0.6) is 0 Å². The number of hydrogen-bond donors (Lipinski definition) is 2. The van der Waals surface area contributed by atoms with Crippen LogP contribution in [0.4, 0.5) is 4.79 Å². The molecule has 0 unspecified atom stereocenters. The maximum Gasteiger partial charge on any atom is 0.322 e. The molecule has 15 heavy (non-hydrogen) atoms. The van der Waals surface area contributed by atoms with Gasteiger partial charge >= 0.3 is 6.03 Å². The quantitative estimate of drug-likeness (QED) is 0.586. The Labute approximate surface area is 88.4 Å². The summed E-state index contributed by atoms with van der Waals surface area (Å²) >= 11 is 0. The Morgan fingerprint density at radius 1 is 1.13 bits per heavy atom. The predicted molar refractivity (Wildman–Crippen MR) is 56.2 cm³/mol. The van der Waals surface area contributed by atoms with Crippen LogP contribution in [0.25, 0.3) is 0 Å². The molecule has 4 nitrogen and oxygen atoms in total. The molecule has 1 saturated carbocycles. The van der Waals surface area contributed by atoms with E-state index in [1.54, 1.807) is 0 Å². The molecular weight excluding hydrogens is 192 g/mol. The lowest BCUT2D eigenvalue weighted by atomic mass is 9.97. The topological polar surface area (TPSA) is 58.2 Å². The Hall–Kier alpha value is -1.58. The van der Waals surface area contributed by atoms with Crippen molar-refractivity contribution in [2.45, 2.75) is 32.2 Å². The van der Waals surface area contributed by atoms with Gasteiger partial charge in [0.15, 0.2) is 0 Å². The summed E-state index contributed by atoms with van der Waals surface area (Å²) < 4.78 is 0. The van der Waals surface area contributed by atoms with Crippen molar-refractivity contribution in [1.29, 1.82) is 0 Å². The maximum absolute atomic E-state index is 11.7. The van der Waals surface area contributed by atoms with Crippen molar-refractivity contribution in [3.63, 3.8) is 0 Å². The molecule has 0 atom stereocenters. The van der Waals surface area contributed by atoms with E-state index in [-0.39, 0.29) is 11.9 Å². The van der Waals surface area contributed by atoms with Crippen LogP contribution in [0.15, 0.2) is 23.3 Å². The molecular formula is C11H14N2O2. The summed E-state index contributed by atoms with van der Waals surface area (Å²) in [5, 5.41) is 5.02. The zero-order valence-electron chi connectivity index (χ0n) is 8.89. The van der Waals surface area contributed by atoms with Gasteiger partial charge in [0.1, 0.15) is 5.54 Å². The molecule has 4 heteroatoms. The van der Waals surface area contributed by atoms with Gasteiger partial charge in [-0.3, -0.25) is 10.1 Å². The van der Waals surface area contributed by atoms with Crippen molar-refractivity contribution in [2.24, 2.45) is 0 Å². The second-order valence-corrected chi connectivity index (χ2v) is 3.97. The van der Waals surface area contributed by atoms with Crippen LogP contribution in [-0.2, 0) is 4.79 Å². The Kier molecular flexibility index (Phi) is 2.14. The number of urea groups is 1. The van der Waals surface area contributed by atoms with Crippen LogP contribution >= 0.6 is 0 Å². The lowest BCUT2D eigenvalue weighted by Gasteiger charge is -2.17. The predicted octanol–water partition coefficient (Wildman–Crippen LogP) is 1.25. The molecule has 2 fully saturated rings. The van der Waals surface area contributed by atoms with Crippen molar-refractivity contribution in [1.82, 2.24) is 10.6 Å². The Morgan fingerprint density at radius 3 is 2.00 bits per heavy atom. The van der Waals surface area contributed by atoms with Gasteiger partial charge in [0, 0.05) is 12.8 Å². The van der Waals surface area contributed by atoms with Gasteiger partial charge in [0.25, 0.3) is 5.91 Å². The summed E-state index contributed by atoms with van der Waals surface area (Å²) in [6.07, 6.45) is 5.20. The summed E-state index contributed by atoms with van der Waals surface area (Å²) in [7, 11) is 0. The molecule has 1 saturated heterocycles. The van der Waals surface area contributed by atoms with Crippen LogP contribution < -0.4 is 10.6 Å². The SMILES string of the molecule is C/C=C1/CC2(C/C1=C/C)NC(=O)NC2=O. The van der Waals surface area contributed by atoms with Crippen molar-refractivity contribution in [3.05, 3.63) is 23.3 Å². The van der Waals surface area contributed by atoms with Crippen molar-refractivity contribution in [2.75, 3.05) is 0 Å². The van der Waals surface area contributed by atoms with Gasteiger partial charge in [0.2, 0.25) is 0 Å². The first-order chi connectivity index (χ1) is 7.11. The van der Waals surface area contributed by atoms with Crippen molar-refractivity contribution in [3.8, 4) is 0 Å². The zero-order valence-corrected chi connectivity index (χ0v) is 8.89. The summed E-state index contributed by atoms with van der Waals surface area (Å²) in [6, 6.07) is -0.382. The zero-order chi connectivity index (χ0) is 11.1. The first-order valence-corrected chi connectivity index (χ1v) is 5.05. The van der Waals surface area contributed by atoms with E-state index in [9.17, 15) is 9.59 Å². The van der Waals surface area contributed by atoms with E-state index in [2.05, 4.69) is 10.6 Å². The van der Waals surface area contributed by atoms with Gasteiger partial charge in [-0.25, -0.2) is 4.79 Å². The Morgan fingerprint density at radius 2 is 1.67 bits per heavy atom. The monoisotopic (exact) mass is 206 g/mol. The van der Waals surface area contributed by atoms with E-state index in [0.717, 1.165) is 11.1 Å². The lowest BCUT2D eigenvalue weighted by Crippen LogP contribution is -2.43. The highest BCUT2D eigenvalue weighted by molar-refractivity contribution is 6.08. The van der Waals surface area contributed by atoms with Crippen LogP contribution in [0.2, 0.25) is 0 Å². The number of amides is 3. The highest BCUT2D eigenvalue weighted by Gasteiger charge is 2.50. The molecule has 1 heterocycles. The molecule has 3 amide bonds. The molecule has 1 aliphatic heterocycles. The first-order valence-electron chi connectivity index (χ1n) is 5.05. The Balaban J connectivity index is 2.35. The average Bonchev–Trinajstić information content (AvgIpc) is 2.69. The second kappa shape index (κ2) is 3.22. The molecule has 0 aromatic carbocycles. The number of imide groups is 1. The number of carbonyl (C=O) groups is 2. The minimum absolute atomic E-state index is 0.205. The van der Waals surface area contributed by atoms with E-state index in [4.69, 9.17) is 0 Å². The van der Waals surface area contributed by atoms with Crippen LogP contribution in [0.1, 0.15) is 26.7 Å². The third-order valence-corrected chi connectivity index (χ3v) is 3.11. The molecule has 2 rings (SSSR count). The molecule has 80 valence electrons. The smallest absolute Gasteiger partial charge is 0.322 e. The summed E-state index contributed by atoms with van der Waals surface area (Å²) in [5.74, 6) is -0.205. The average molecular weight is 206 g/mol. The number of carbonyl (C=O) groups excluding carboxylic acids is 2. The summed E-state index contributed by atoms with van der Waals surface area (Å²) in [4.78, 5) is 22.8. The fourth-order valence-electron chi connectivity index (χ4n) is 2.29. The molecule has 2 N–H and O–H groups in total. The minimum Gasteiger partial charge on any atom is -0.323 e. The van der Waals surface area contributed by atoms with Crippen molar-refractivity contribution >= 4 is 11.9 Å². The third kappa shape index (κ3) is 1.37. The molecule has 0 aromatic heterocycles. The van der Waals surface area contributed by atoms with Crippen molar-refractivity contribution < 1.29 is 9.59 Å². The molecule has 1 aliphatic carbocycles. The minimum atomic E-state index is -0.721. The summed E-state index contributed by atoms with van der Waals surface area (Å²) in [5.41, 5.74) is 1.57.